The Hall–Kier alpha value is -1.48. The number of aromatic nitrogens is 2. The molecule has 18 heavy (non-hydrogen) atoms. The van der Waals surface area contributed by atoms with Gasteiger partial charge in [-0.2, -0.15) is 5.10 Å². The number of anilines is 1. The molecule has 1 heterocycles. The number of halogens is 1. The number of hydrogen-bond donors (Lipinski definition) is 1. The van der Waals surface area contributed by atoms with Gasteiger partial charge in [-0.15, -0.1) is 0 Å². The van der Waals surface area contributed by atoms with Crippen LogP contribution in [0.4, 0.5) is 5.69 Å². The van der Waals surface area contributed by atoms with Gasteiger partial charge in [-0.1, -0.05) is 36.7 Å². The van der Waals surface area contributed by atoms with Crippen LogP contribution in [0.25, 0.3) is 0 Å². The number of rotatable bonds is 5. The second-order valence-electron chi connectivity index (χ2n) is 4.10. The molecule has 0 aliphatic carbocycles. The summed E-state index contributed by atoms with van der Waals surface area (Å²) in [5.41, 5.74) is 3.12. The molecule has 0 fully saturated rings. The minimum absolute atomic E-state index is 0.698. The van der Waals surface area contributed by atoms with E-state index in [0.29, 0.717) is 6.54 Å². The SMILES string of the molecule is CCc1nn(CC)c(CNc2ccccc2)c1Cl. The first-order valence-corrected chi connectivity index (χ1v) is 6.67. The summed E-state index contributed by atoms with van der Waals surface area (Å²) >= 11 is 6.35. The molecule has 0 spiro atoms. The molecule has 0 atom stereocenters. The first-order valence-electron chi connectivity index (χ1n) is 6.29. The Kier molecular flexibility index (Phi) is 4.26. The smallest absolute Gasteiger partial charge is 0.0868 e. The van der Waals surface area contributed by atoms with Crippen molar-refractivity contribution in [2.24, 2.45) is 0 Å². The van der Waals surface area contributed by atoms with E-state index in [1.807, 2.05) is 35.0 Å². The van der Waals surface area contributed by atoms with Crippen LogP contribution >= 0.6 is 11.6 Å². The van der Waals surface area contributed by atoms with E-state index in [1.165, 1.54) is 0 Å². The topological polar surface area (TPSA) is 29.9 Å². The fraction of sp³-hybridized carbons (Fsp3) is 0.357. The Labute approximate surface area is 113 Å². The Morgan fingerprint density at radius 1 is 1.22 bits per heavy atom. The Bertz CT molecular complexity index is 505. The van der Waals surface area contributed by atoms with Crippen LogP contribution in [-0.2, 0) is 19.5 Å². The van der Waals surface area contributed by atoms with Crippen molar-refractivity contribution in [3.05, 3.63) is 46.7 Å². The molecule has 4 heteroatoms. The lowest BCUT2D eigenvalue weighted by atomic mass is 10.3. The summed E-state index contributed by atoms with van der Waals surface area (Å²) < 4.78 is 1.97. The van der Waals surface area contributed by atoms with E-state index in [0.717, 1.165) is 35.1 Å². The summed E-state index contributed by atoms with van der Waals surface area (Å²) in [6.45, 7) is 5.69. The zero-order chi connectivity index (χ0) is 13.0. The van der Waals surface area contributed by atoms with Crippen LogP contribution in [-0.4, -0.2) is 9.78 Å². The number of hydrogen-bond acceptors (Lipinski definition) is 2. The van der Waals surface area contributed by atoms with Gasteiger partial charge in [0.15, 0.2) is 0 Å². The van der Waals surface area contributed by atoms with Crippen molar-refractivity contribution in [3.8, 4) is 0 Å². The maximum Gasteiger partial charge on any atom is 0.0868 e. The summed E-state index contributed by atoms with van der Waals surface area (Å²) in [6.07, 6.45) is 0.865. The molecule has 0 bridgehead atoms. The molecule has 1 aromatic heterocycles. The van der Waals surface area contributed by atoms with E-state index in [-0.39, 0.29) is 0 Å². The fourth-order valence-corrected chi connectivity index (χ4v) is 2.26. The maximum absolute atomic E-state index is 6.35. The van der Waals surface area contributed by atoms with Gasteiger partial charge in [0.1, 0.15) is 0 Å². The van der Waals surface area contributed by atoms with Gasteiger partial charge in [0, 0.05) is 12.2 Å². The first-order chi connectivity index (χ1) is 8.76. The Balaban J connectivity index is 2.16. The third kappa shape index (κ3) is 2.67. The van der Waals surface area contributed by atoms with Crippen molar-refractivity contribution in [3.63, 3.8) is 0 Å². The van der Waals surface area contributed by atoms with Gasteiger partial charge in [-0.3, -0.25) is 4.68 Å². The predicted octanol–water partition coefficient (Wildman–Crippen LogP) is 3.73. The first kappa shape index (κ1) is 13.0. The lowest BCUT2D eigenvalue weighted by Crippen LogP contribution is -2.08. The summed E-state index contributed by atoms with van der Waals surface area (Å²) in [5, 5.41) is 8.67. The van der Waals surface area contributed by atoms with Gasteiger partial charge in [-0.05, 0) is 25.5 Å². The largest absolute Gasteiger partial charge is 0.379 e. The van der Waals surface area contributed by atoms with E-state index in [2.05, 4.69) is 24.3 Å². The van der Waals surface area contributed by atoms with E-state index >= 15 is 0 Å². The lowest BCUT2D eigenvalue weighted by Gasteiger charge is -2.08. The molecule has 0 radical (unpaired) electrons. The molecular formula is C14H18ClN3. The molecule has 1 aromatic carbocycles. The molecule has 1 N–H and O–H groups in total. The molecule has 0 saturated carbocycles. The second kappa shape index (κ2) is 5.91. The third-order valence-electron chi connectivity index (χ3n) is 2.93. The van der Waals surface area contributed by atoms with Gasteiger partial charge in [0.25, 0.3) is 0 Å². The monoisotopic (exact) mass is 263 g/mol. The van der Waals surface area contributed by atoms with Crippen LogP contribution in [0.2, 0.25) is 5.02 Å². The van der Waals surface area contributed by atoms with Crippen LogP contribution in [0.15, 0.2) is 30.3 Å². The number of para-hydroxylation sites is 1. The van der Waals surface area contributed by atoms with Gasteiger partial charge >= 0.3 is 0 Å². The Morgan fingerprint density at radius 2 is 1.94 bits per heavy atom. The van der Waals surface area contributed by atoms with Gasteiger partial charge < -0.3 is 5.32 Å². The highest BCUT2D eigenvalue weighted by atomic mass is 35.5. The molecule has 0 amide bonds. The number of nitrogens with zero attached hydrogens (tertiary/aromatic N) is 2. The molecule has 0 saturated heterocycles. The minimum atomic E-state index is 0.698. The molecular weight excluding hydrogens is 246 g/mol. The average Bonchev–Trinajstić information content (AvgIpc) is 2.73. The van der Waals surface area contributed by atoms with Crippen molar-refractivity contribution in [1.29, 1.82) is 0 Å². The average molecular weight is 264 g/mol. The van der Waals surface area contributed by atoms with Crippen molar-refractivity contribution >= 4 is 17.3 Å². The minimum Gasteiger partial charge on any atom is -0.379 e. The number of benzene rings is 1. The quantitative estimate of drug-likeness (QED) is 0.891. The van der Waals surface area contributed by atoms with Crippen LogP contribution < -0.4 is 5.32 Å². The van der Waals surface area contributed by atoms with E-state index in [4.69, 9.17) is 11.6 Å². The summed E-state index contributed by atoms with van der Waals surface area (Å²) in [6, 6.07) is 10.1. The highest BCUT2D eigenvalue weighted by Crippen LogP contribution is 2.22. The zero-order valence-electron chi connectivity index (χ0n) is 10.8. The zero-order valence-corrected chi connectivity index (χ0v) is 11.5. The summed E-state index contributed by atoms with van der Waals surface area (Å²) in [4.78, 5) is 0. The molecule has 2 rings (SSSR count). The maximum atomic E-state index is 6.35. The molecule has 96 valence electrons. The van der Waals surface area contributed by atoms with Crippen molar-refractivity contribution < 1.29 is 0 Å². The van der Waals surface area contributed by atoms with Gasteiger partial charge in [0.2, 0.25) is 0 Å². The molecule has 2 aromatic rings. The van der Waals surface area contributed by atoms with E-state index in [9.17, 15) is 0 Å². The highest BCUT2D eigenvalue weighted by Gasteiger charge is 2.13. The van der Waals surface area contributed by atoms with Crippen LogP contribution in [0, 0.1) is 0 Å². The van der Waals surface area contributed by atoms with Crippen molar-refractivity contribution in [2.75, 3.05) is 5.32 Å². The van der Waals surface area contributed by atoms with Crippen LogP contribution in [0.1, 0.15) is 25.2 Å². The second-order valence-corrected chi connectivity index (χ2v) is 4.47. The molecule has 3 nitrogen and oxygen atoms in total. The number of nitrogens with one attached hydrogen (secondary N) is 1. The van der Waals surface area contributed by atoms with Gasteiger partial charge in [-0.25, -0.2) is 0 Å². The highest BCUT2D eigenvalue weighted by molar-refractivity contribution is 6.31. The van der Waals surface area contributed by atoms with E-state index < -0.39 is 0 Å². The van der Waals surface area contributed by atoms with Crippen molar-refractivity contribution in [1.82, 2.24) is 9.78 Å². The van der Waals surface area contributed by atoms with Crippen LogP contribution in [0.3, 0.4) is 0 Å². The molecule has 0 aliphatic heterocycles. The predicted molar refractivity (Wildman–Crippen MR) is 76.1 cm³/mol. The van der Waals surface area contributed by atoms with Crippen LogP contribution in [0.5, 0.6) is 0 Å². The fourth-order valence-electron chi connectivity index (χ4n) is 1.93. The van der Waals surface area contributed by atoms with E-state index in [1.54, 1.807) is 0 Å². The number of aryl methyl sites for hydroxylation is 2. The van der Waals surface area contributed by atoms with Crippen molar-refractivity contribution in [2.45, 2.75) is 33.4 Å². The normalized spacial score (nSPS) is 10.6. The van der Waals surface area contributed by atoms with Gasteiger partial charge in [0.05, 0.1) is 23.0 Å². The molecule has 0 unspecified atom stereocenters. The third-order valence-corrected chi connectivity index (χ3v) is 3.36. The Morgan fingerprint density at radius 3 is 2.56 bits per heavy atom. The summed E-state index contributed by atoms with van der Waals surface area (Å²) in [5.74, 6) is 0. The molecule has 0 aliphatic rings. The standard InChI is InChI=1S/C14H18ClN3/c1-3-12-14(15)13(18(4-2)17-12)10-16-11-8-6-5-7-9-11/h5-9,16H,3-4,10H2,1-2H3. The lowest BCUT2D eigenvalue weighted by molar-refractivity contribution is 0.619. The summed E-state index contributed by atoms with van der Waals surface area (Å²) in [7, 11) is 0.